The predicted octanol–water partition coefficient (Wildman–Crippen LogP) is -0.921. The van der Waals surface area contributed by atoms with Crippen molar-refractivity contribution in [3.05, 3.63) is 0 Å². The van der Waals surface area contributed by atoms with Crippen molar-refractivity contribution < 1.29 is 73.7 Å². The van der Waals surface area contributed by atoms with E-state index in [0.717, 1.165) is 0 Å². The van der Waals surface area contributed by atoms with E-state index in [2.05, 4.69) is 15.8 Å². The van der Waals surface area contributed by atoms with Crippen molar-refractivity contribution in [1.82, 2.24) is 0 Å². The minimum Gasteiger partial charge on any atom is 0 e. The first-order chi connectivity index (χ1) is 1.00. The van der Waals surface area contributed by atoms with Gasteiger partial charge in [0, 0.05) is 57.9 Å². The molecule has 0 aromatic carbocycles. The summed E-state index contributed by atoms with van der Waals surface area (Å²) in [7, 11) is 0. The van der Waals surface area contributed by atoms with Gasteiger partial charge in [-0.2, -0.15) is 0 Å². The Labute approximate surface area is 78.9 Å². The van der Waals surface area contributed by atoms with E-state index >= 15 is 0 Å². The second-order valence-corrected chi connectivity index (χ2v) is 0. The minimum atomic E-state index is 0. The van der Waals surface area contributed by atoms with E-state index < -0.39 is 0 Å². The van der Waals surface area contributed by atoms with Crippen molar-refractivity contribution >= 4 is 6.66 Å². The molecule has 0 aromatic rings. The molecule has 0 fully saturated rings. The molecular formula is H2BCuFeNd. The molecule has 0 radical (unpaired) electrons. The molecule has 0 saturated heterocycles. The van der Waals surface area contributed by atoms with Crippen LogP contribution in [-0.4, -0.2) is 6.66 Å². The van der Waals surface area contributed by atoms with Crippen LogP contribution in [0.4, 0.5) is 0 Å². The van der Waals surface area contributed by atoms with Crippen molar-refractivity contribution in [3.63, 3.8) is 0 Å². The summed E-state index contributed by atoms with van der Waals surface area (Å²) < 4.78 is 0. The fraction of sp³-hybridized carbons (Fsp3) is 0. The molecule has 0 spiro atoms. The van der Waals surface area contributed by atoms with Crippen LogP contribution in [0.3, 0.4) is 0 Å². The third kappa shape index (κ3) is 8.82. The van der Waals surface area contributed by atoms with Crippen LogP contribution in [0.1, 0.15) is 0 Å². The topological polar surface area (TPSA) is 0 Å². The molecule has 0 unspecified atom stereocenters. The monoisotopic (exact) mass is 274 g/mol. The SMILES string of the molecule is [BH2][Cu].[Fe].[Nd]. The van der Waals surface area contributed by atoms with Crippen molar-refractivity contribution in [2.45, 2.75) is 0 Å². The van der Waals surface area contributed by atoms with Gasteiger partial charge in [0.15, 0.2) is 0 Å². The van der Waals surface area contributed by atoms with Crippen LogP contribution >= 0.6 is 0 Å². The molecule has 0 atom stereocenters. The van der Waals surface area contributed by atoms with Crippen molar-refractivity contribution in [2.24, 2.45) is 0 Å². The normalized spacial score (nSPS) is 1.50. The maximum Gasteiger partial charge on any atom is 0 e. The van der Waals surface area contributed by atoms with E-state index in [9.17, 15) is 0 Å². The first kappa shape index (κ1) is 16.1. The van der Waals surface area contributed by atoms with Gasteiger partial charge in [0.1, 0.15) is 0 Å². The van der Waals surface area contributed by atoms with Crippen LogP contribution in [0, 0.1) is 40.8 Å². The van der Waals surface area contributed by atoms with E-state index in [1.165, 1.54) is 0 Å². The molecule has 0 aromatic heterocycles. The summed E-state index contributed by atoms with van der Waals surface area (Å²) in [6, 6.07) is 0. The average molecular weight is 276 g/mol. The van der Waals surface area contributed by atoms with Crippen LogP contribution in [0.25, 0.3) is 0 Å². The van der Waals surface area contributed by atoms with Gasteiger partial charge in [0.05, 0.1) is 0 Å². The van der Waals surface area contributed by atoms with E-state index in [4.69, 9.17) is 0 Å². The van der Waals surface area contributed by atoms with Gasteiger partial charge < -0.3 is 0 Å². The Balaban J connectivity index is -0.00000000500. The fourth-order valence-electron chi connectivity index (χ4n) is 0. The minimum absolute atomic E-state index is 0. The second-order valence-electron chi connectivity index (χ2n) is 0. The summed E-state index contributed by atoms with van der Waals surface area (Å²) >= 11 is 4.19. The predicted molar refractivity (Wildman–Crippen MR) is 8.54 cm³/mol. The van der Waals surface area contributed by atoms with Gasteiger partial charge in [0.25, 0.3) is 0 Å². The smallest absolute Gasteiger partial charge is 0 e. The third-order valence-electron chi connectivity index (χ3n) is 0. The Hall–Kier alpha value is 2.45. The average Bonchev–Trinajstić information content (AvgIpc) is 1.00. The van der Waals surface area contributed by atoms with Crippen molar-refractivity contribution in [1.29, 1.82) is 0 Å². The molecule has 0 heterocycles. The van der Waals surface area contributed by atoms with Gasteiger partial charge in [-0.3, -0.25) is 0 Å². The molecule has 0 N–H and O–H groups in total. The molecule has 4 heavy (non-hydrogen) atoms. The number of rotatable bonds is 0. The van der Waals surface area contributed by atoms with Gasteiger partial charge >= 0.3 is 22.5 Å². The summed E-state index contributed by atoms with van der Waals surface area (Å²) in [5.74, 6) is 0. The molecular weight excluding hydrogens is 274 g/mol. The zero-order valence-electron chi connectivity index (χ0n) is 2.16. The zero-order chi connectivity index (χ0) is 2.00. The number of hydrogen-bond donors (Lipinski definition) is 0. The Kier molecular flexibility index (Phi) is 72.3. The van der Waals surface area contributed by atoms with Gasteiger partial charge in [-0.1, -0.05) is 0 Å². The molecule has 0 bridgehead atoms. The number of hydrogen-bond acceptors (Lipinski definition) is 0. The standard InChI is InChI=1S/BH2.Cu.Fe.Nd/h1H2;;;/q+1;-1;;. The molecule has 0 nitrogen and oxygen atoms in total. The molecule has 4 heteroatoms. The van der Waals surface area contributed by atoms with Crippen LogP contribution in [0.2, 0.25) is 0 Å². The van der Waals surface area contributed by atoms with Gasteiger partial charge in [-0.25, -0.2) is 0 Å². The summed E-state index contributed by atoms with van der Waals surface area (Å²) in [5.41, 5.74) is 0. The van der Waals surface area contributed by atoms with Gasteiger partial charge in [0.2, 0.25) is 0 Å². The Bertz CT molecular complexity index is 8.00. The Morgan fingerprint density at radius 1 is 1.25 bits per heavy atom. The van der Waals surface area contributed by atoms with Crippen molar-refractivity contribution in [2.75, 3.05) is 0 Å². The zero-order valence-corrected chi connectivity index (χ0v) is 7.41. The largest absolute Gasteiger partial charge is 0 e. The van der Waals surface area contributed by atoms with Gasteiger partial charge in [-0.05, 0) is 0 Å². The third-order valence-corrected chi connectivity index (χ3v) is 0. The summed E-state index contributed by atoms with van der Waals surface area (Å²) in [6.07, 6.45) is 0. The summed E-state index contributed by atoms with van der Waals surface area (Å²) in [5, 5.41) is 0. The Morgan fingerprint density at radius 3 is 1.25 bits per heavy atom. The van der Waals surface area contributed by atoms with E-state index in [-0.39, 0.29) is 57.9 Å². The Morgan fingerprint density at radius 2 is 1.25 bits per heavy atom. The maximum absolute atomic E-state index is 4.19. The first-order valence-electron chi connectivity index (χ1n) is 0.302. The molecule has 0 amide bonds. The maximum atomic E-state index is 4.19. The molecule has 28 valence electrons. The van der Waals surface area contributed by atoms with Gasteiger partial charge in [-0.15, -0.1) is 0 Å². The molecule has 0 aliphatic heterocycles. The fourth-order valence-corrected chi connectivity index (χ4v) is 0. The van der Waals surface area contributed by atoms with E-state index in [1.807, 2.05) is 0 Å². The van der Waals surface area contributed by atoms with E-state index in [1.54, 1.807) is 6.66 Å². The first-order valence-corrected chi connectivity index (χ1v) is 1.24. The summed E-state index contributed by atoms with van der Waals surface area (Å²) in [4.78, 5) is 0. The quantitative estimate of drug-likeness (QED) is 0.502. The van der Waals surface area contributed by atoms with Crippen LogP contribution in [-0.2, 0) is 32.9 Å². The van der Waals surface area contributed by atoms with Crippen molar-refractivity contribution in [3.8, 4) is 0 Å². The molecule has 0 saturated carbocycles. The molecule has 0 aliphatic carbocycles. The summed E-state index contributed by atoms with van der Waals surface area (Å²) in [6.45, 7) is 1.56. The van der Waals surface area contributed by atoms with Crippen LogP contribution < -0.4 is 0 Å². The van der Waals surface area contributed by atoms with E-state index in [0.29, 0.717) is 0 Å². The van der Waals surface area contributed by atoms with Crippen LogP contribution in [0.5, 0.6) is 0 Å². The van der Waals surface area contributed by atoms with Crippen LogP contribution in [0.15, 0.2) is 0 Å². The second kappa shape index (κ2) is 18.0. The molecule has 0 rings (SSSR count). The molecule has 0 aliphatic rings.